The molecule has 148 valence electrons. The topological polar surface area (TPSA) is 93.7 Å². The monoisotopic (exact) mass is 422 g/mol. The van der Waals surface area contributed by atoms with E-state index in [-0.39, 0.29) is 11.7 Å². The van der Waals surface area contributed by atoms with E-state index in [9.17, 15) is 14.4 Å². The van der Waals surface area contributed by atoms with E-state index in [0.29, 0.717) is 22.1 Å². The molecule has 2 aromatic carbocycles. The maximum Gasteiger partial charge on any atom is 0.316 e. The first-order chi connectivity index (χ1) is 13.4. The summed E-state index contributed by atoms with van der Waals surface area (Å²) in [5.74, 6) is -0.887. The molecule has 2 amide bonds. The van der Waals surface area contributed by atoms with Gasteiger partial charge in [0.05, 0.1) is 23.6 Å². The summed E-state index contributed by atoms with van der Waals surface area (Å²) in [6, 6.07) is 11.9. The third-order valence-corrected chi connectivity index (χ3v) is 4.83. The fourth-order valence-electron chi connectivity index (χ4n) is 2.16. The number of esters is 1. The predicted molar refractivity (Wildman–Crippen MR) is 109 cm³/mol. The highest BCUT2D eigenvalue weighted by molar-refractivity contribution is 8.00. The Morgan fingerprint density at radius 2 is 1.86 bits per heavy atom. The highest BCUT2D eigenvalue weighted by Gasteiger charge is 2.12. The smallest absolute Gasteiger partial charge is 0.316 e. The van der Waals surface area contributed by atoms with Crippen LogP contribution in [0.5, 0.6) is 5.75 Å². The van der Waals surface area contributed by atoms with E-state index in [1.165, 1.54) is 25.8 Å². The summed E-state index contributed by atoms with van der Waals surface area (Å²) in [7, 11) is 1.45. The number of hydrogen-bond acceptors (Lipinski definition) is 6. The van der Waals surface area contributed by atoms with Crippen molar-refractivity contribution in [2.75, 3.05) is 30.1 Å². The van der Waals surface area contributed by atoms with Crippen molar-refractivity contribution in [3.05, 3.63) is 47.5 Å². The number of carbonyl (C=O) groups excluding carboxylic acids is 3. The van der Waals surface area contributed by atoms with Crippen LogP contribution in [-0.2, 0) is 19.1 Å². The van der Waals surface area contributed by atoms with Crippen molar-refractivity contribution < 1.29 is 23.9 Å². The van der Waals surface area contributed by atoms with Crippen LogP contribution in [0.3, 0.4) is 0 Å². The van der Waals surface area contributed by atoms with Crippen molar-refractivity contribution in [2.45, 2.75) is 11.8 Å². The highest BCUT2D eigenvalue weighted by Crippen LogP contribution is 2.28. The Morgan fingerprint density at radius 3 is 2.54 bits per heavy atom. The van der Waals surface area contributed by atoms with Gasteiger partial charge in [0.25, 0.3) is 5.91 Å². The second kappa shape index (κ2) is 10.6. The van der Waals surface area contributed by atoms with Crippen LogP contribution in [0.2, 0.25) is 5.02 Å². The molecule has 0 fully saturated rings. The second-order valence-corrected chi connectivity index (χ2v) is 6.95. The van der Waals surface area contributed by atoms with E-state index < -0.39 is 18.5 Å². The number of methoxy groups -OCH3 is 1. The van der Waals surface area contributed by atoms with Crippen molar-refractivity contribution in [3.8, 4) is 5.75 Å². The Kier molecular flexibility index (Phi) is 8.16. The first-order valence-electron chi connectivity index (χ1n) is 8.17. The van der Waals surface area contributed by atoms with Crippen LogP contribution in [0.15, 0.2) is 47.4 Å². The van der Waals surface area contributed by atoms with Gasteiger partial charge in [-0.15, -0.1) is 11.8 Å². The summed E-state index contributed by atoms with van der Waals surface area (Å²) < 4.78 is 10.2. The Hall–Kier alpha value is -2.71. The molecule has 0 aliphatic rings. The Bertz CT molecular complexity index is 875. The summed E-state index contributed by atoms with van der Waals surface area (Å²) in [5, 5.41) is 5.75. The zero-order valence-corrected chi connectivity index (χ0v) is 16.9. The number of hydrogen-bond donors (Lipinski definition) is 2. The van der Waals surface area contributed by atoms with E-state index in [1.807, 2.05) is 6.07 Å². The molecule has 0 aromatic heterocycles. The quantitative estimate of drug-likeness (QED) is 0.499. The lowest BCUT2D eigenvalue weighted by Gasteiger charge is -2.12. The van der Waals surface area contributed by atoms with Crippen molar-refractivity contribution in [1.82, 2.24) is 0 Å². The molecule has 0 saturated carbocycles. The molecule has 0 aliphatic carbocycles. The van der Waals surface area contributed by atoms with Gasteiger partial charge in [0, 0.05) is 17.5 Å². The number of benzene rings is 2. The predicted octanol–water partition coefficient (Wildman–Crippen LogP) is 3.58. The number of thioether (sulfide) groups is 1. The van der Waals surface area contributed by atoms with Crippen molar-refractivity contribution in [3.63, 3.8) is 0 Å². The average Bonchev–Trinajstić information content (AvgIpc) is 2.65. The van der Waals surface area contributed by atoms with Gasteiger partial charge in [0.1, 0.15) is 5.75 Å². The lowest BCUT2D eigenvalue weighted by Crippen LogP contribution is -2.22. The summed E-state index contributed by atoms with van der Waals surface area (Å²) in [5.41, 5.74) is 0.844. The standard InChI is InChI=1S/C19H19ClN2O5S/c1-12(23)21-13-7-8-16(26-2)15(9-13)22-18(24)10-27-19(25)11-28-17-6-4-3-5-14(17)20/h3-9H,10-11H2,1-2H3,(H,21,23)(H,22,24). The molecule has 28 heavy (non-hydrogen) atoms. The first-order valence-corrected chi connectivity index (χ1v) is 9.54. The van der Waals surface area contributed by atoms with Gasteiger partial charge < -0.3 is 20.1 Å². The minimum Gasteiger partial charge on any atom is -0.495 e. The third-order valence-electron chi connectivity index (χ3n) is 3.34. The molecule has 0 atom stereocenters. The average molecular weight is 423 g/mol. The number of anilines is 2. The number of nitrogens with one attached hydrogen (secondary N) is 2. The van der Waals surface area contributed by atoms with Gasteiger partial charge in [-0.3, -0.25) is 14.4 Å². The van der Waals surface area contributed by atoms with Crippen LogP contribution < -0.4 is 15.4 Å². The van der Waals surface area contributed by atoms with Crippen molar-refractivity contribution >= 4 is 52.5 Å². The molecule has 0 radical (unpaired) electrons. The molecular formula is C19H19ClN2O5S. The molecule has 0 aliphatic heterocycles. The molecule has 7 nitrogen and oxygen atoms in total. The van der Waals surface area contributed by atoms with E-state index in [1.54, 1.807) is 36.4 Å². The SMILES string of the molecule is COc1ccc(NC(C)=O)cc1NC(=O)COC(=O)CSc1ccccc1Cl. The Labute approximate surface area is 171 Å². The maximum absolute atomic E-state index is 12.1. The van der Waals surface area contributed by atoms with Crippen LogP contribution in [0.4, 0.5) is 11.4 Å². The van der Waals surface area contributed by atoms with Gasteiger partial charge in [-0.1, -0.05) is 23.7 Å². The van der Waals surface area contributed by atoms with E-state index in [4.69, 9.17) is 21.1 Å². The fourth-order valence-corrected chi connectivity index (χ4v) is 3.20. The number of amides is 2. The molecule has 2 N–H and O–H groups in total. The van der Waals surface area contributed by atoms with Crippen LogP contribution in [-0.4, -0.2) is 37.3 Å². The molecule has 2 rings (SSSR count). The van der Waals surface area contributed by atoms with Crippen LogP contribution in [0.1, 0.15) is 6.92 Å². The molecule has 0 spiro atoms. The van der Waals surface area contributed by atoms with E-state index in [0.717, 1.165) is 4.90 Å². The molecule has 2 aromatic rings. The Balaban J connectivity index is 1.87. The van der Waals surface area contributed by atoms with Crippen LogP contribution in [0, 0.1) is 0 Å². The summed E-state index contributed by atoms with van der Waals surface area (Å²) >= 11 is 7.25. The zero-order valence-electron chi connectivity index (χ0n) is 15.3. The molecule has 0 saturated heterocycles. The van der Waals surface area contributed by atoms with Gasteiger partial charge in [0.15, 0.2) is 6.61 Å². The van der Waals surface area contributed by atoms with Crippen molar-refractivity contribution in [1.29, 1.82) is 0 Å². The summed E-state index contributed by atoms with van der Waals surface area (Å²) in [6.45, 7) is 0.929. The van der Waals surface area contributed by atoms with Crippen LogP contribution in [0.25, 0.3) is 0 Å². The van der Waals surface area contributed by atoms with Crippen LogP contribution >= 0.6 is 23.4 Å². The van der Waals surface area contributed by atoms with Gasteiger partial charge in [0.2, 0.25) is 5.91 Å². The maximum atomic E-state index is 12.1. The summed E-state index contributed by atoms with van der Waals surface area (Å²) in [6.07, 6.45) is 0. The number of rotatable bonds is 8. The van der Waals surface area contributed by atoms with Gasteiger partial charge in [-0.05, 0) is 30.3 Å². The lowest BCUT2D eigenvalue weighted by molar-refractivity contribution is -0.144. The normalized spacial score (nSPS) is 10.1. The second-order valence-electron chi connectivity index (χ2n) is 5.52. The first kappa shape index (κ1) is 21.6. The lowest BCUT2D eigenvalue weighted by atomic mass is 10.2. The minimum atomic E-state index is -0.543. The van der Waals surface area contributed by atoms with E-state index in [2.05, 4.69) is 10.6 Å². The third kappa shape index (κ3) is 6.79. The number of carbonyl (C=O) groups is 3. The highest BCUT2D eigenvalue weighted by atomic mass is 35.5. The zero-order chi connectivity index (χ0) is 20.5. The minimum absolute atomic E-state index is 0.0261. The van der Waals surface area contributed by atoms with Gasteiger partial charge >= 0.3 is 5.97 Å². The fraction of sp³-hybridized carbons (Fsp3) is 0.211. The van der Waals surface area contributed by atoms with Gasteiger partial charge in [-0.25, -0.2) is 0 Å². The Morgan fingerprint density at radius 1 is 1.11 bits per heavy atom. The molecule has 0 heterocycles. The van der Waals surface area contributed by atoms with Gasteiger partial charge in [-0.2, -0.15) is 0 Å². The number of ether oxygens (including phenoxy) is 2. The van der Waals surface area contributed by atoms with E-state index >= 15 is 0 Å². The molecular weight excluding hydrogens is 404 g/mol. The summed E-state index contributed by atoms with van der Waals surface area (Å²) in [4.78, 5) is 35.9. The van der Waals surface area contributed by atoms with Crippen molar-refractivity contribution in [2.24, 2.45) is 0 Å². The molecule has 0 bridgehead atoms. The molecule has 9 heteroatoms. The number of halogens is 1. The largest absolute Gasteiger partial charge is 0.495 e. The molecule has 0 unspecified atom stereocenters.